The van der Waals surface area contributed by atoms with E-state index in [-0.39, 0.29) is 5.91 Å². The van der Waals surface area contributed by atoms with Gasteiger partial charge in [-0.05, 0) is 30.3 Å². The predicted molar refractivity (Wildman–Crippen MR) is 78.0 cm³/mol. The van der Waals surface area contributed by atoms with Crippen LogP contribution in [0.5, 0.6) is 0 Å². The largest absolute Gasteiger partial charge is 0.397 e. The lowest BCUT2D eigenvalue weighted by Gasteiger charge is -2.07. The Labute approximate surface area is 120 Å². The molecule has 7 nitrogen and oxygen atoms in total. The predicted octanol–water partition coefficient (Wildman–Crippen LogP) is 1.50. The minimum atomic E-state index is -0.295. The average Bonchev–Trinajstić information content (AvgIpc) is 3.02. The van der Waals surface area contributed by atoms with Gasteiger partial charge in [0.2, 0.25) is 0 Å². The summed E-state index contributed by atoms with van der Waals surface area (Å²) in [7, 11) is 0. The summed E-state index contributed by atoms with van der Waals surface area (Å²) in [6.45, 7) is 0. The standard InChI is InChI=1S/C14H12N6O/c15-10-4-5-13(16-7-10)14(21)19-11-2-1-3-12(6-11)20-8-17-18-9-20/h1-9H,15H2,(H,19,21). The summed E-state index contributed by atoms with van der Waals surface area (Å²) >= 11 is 0. The number of nitrogens with zero attached hydrogens (tertiary/aromatic N) is 4. The fourth-order valence-electron chi connectivity index (χ4n) is 1.81. The molecule has 104 valence electrons. The molecule has 0 radical (unpaired) electrons. The van der Waals surface area contributed by atoms with Crippen LogP contribution in [0.1, 0.15) is 10.5 Å². The molecule has 1 amide bonds. The van der Waals surface area contributed by atoms with Crippen molar-refractivity contribution in [1.82, 2.24) is 19.7 Å². The molecular formula is C14H12N6O. The van der Waals surface area contributed by atoms with Crippen LogP contribution in [-0.2, 0) is 0 Å². The third-order valence-corrected chi connectivity index (χ3v) is 2.84. The van der Waals surface area contributed by atoms with Gasteiger partial charge in [0.05, 0.1) is 17.6 Å². The van der Waals surface area contributed by atoms with E-state index in [9.17, 15) is 4.79 Å². The lowest BCUT2D eigenvalue weighted by Crippen LogP contribution is -2.13. The highest BCUT2D eigenvalue weighted by Crippen LogP contribution is 2.15. The van der Waals surface area contributed by atoms with E-state index in [0.717, 1.165) is 5.69 Å². The zero-order chi connectivity index (χ0) is 14.7. The first-order valence-electron chi connectivity index (χ1n) is 6.20. The summed E-state index contributed by atoms with van der Waals surface area (Å²) in [5, 5.41) is 10.3. The van der Waals surface area contributed by atoms with Gasteiger partial charge in [-0.1, -0.05) is 6.07 Å². The first kappa shape index (κ1) is 12.8. The van der Waals surface area contributed by atoms with Crippen molar-refractivity contribution in [2.75, 3.05) is 11.1 Å². The van der Waals surface area contributed by atoms with Crippen LogP contribution in [0, 0.1) is 0 Å². The van der Waals surface area contributed by atoms with Crippen LogP contribution < -0.4 is 11.1 Å². The monoisotopic (exact) mass is 280 g/mol. The van der Waals surface area contributed by atoms with Gasteiger partial charge in [0, 0.05) is 5.69 Å². The van der Waals surface area contributed by atoms with Gasteiger partial charge in [-0.2, -0.15) is 0 Å². The molecule has 3 N–H and O–H groups in total. The van der Waals surface area contributed by atoms with E-state index in [4.69, 9.17) is 5.73 Å². The molecule has 0 unspecified atom stereocenters. The second-order valence-electron chi connectivity index (χ2n) is 4.35. The Morgan fingerprint density at radius 3 is 2.67 bits per heavy atom. The van der Waals surface area contributed by atoms with Gasteiger partial charge in [-0.3, -0.25) is 9.36 Å². The van der Waals surface area contributed by atoms with Crippen LogP contribution in [0.2, 0.25) is 0 Å². The first-order chi connectivity index (χ1) is 10.2. The number of anilines is 2. The molecule has 3 rings (SSSR count). The van der Waals surface area contributed by atoms with Gasteiger partial charge < -0.3 is 11.1 Å². The van der Waals surface area contributed by atoms with Crippen LogP contribution in [0.25, 0.3) is 5.69 Å². The molecule has 7 heteroatoms. The molecule has 0 saturated carbocycles. The zero-order valence-electron chi connectivity index (χ0n) is 11.0. The fraction of sp³-hybridized carbons (Fsp3) is 0. The molecule has 2 aromatic heterocycles. The summed E-state index contributed by atoms with van der Waals surface area (Å²) in [6, 6.07) is 10.5. The molecular weight excluding hydrogens is 268 g/mol. The summed E-state index contributed by atoms with van der Waals surface area (Å²) in [6.07, 6.45) is 4.62. The maximum absolute atomic E-state index is 12.1. The van der Waals surface area contributed by atoms with E-state index >= 15 is 0 Å². The number of amides is 1. The number of aromatic nitrogens is 4. The van der Waals surface area contributed by atoms with Gasteiger partial charge >= 0.3 is 0 Å². The number of hydrogen-bond acceptors (Lipinski definition) is 5. The number of benzene rings is 1. The highest BCUT2D eigenvalue weighted by atomic mass is 16.1. The number of carbonyl (C=O) groups is 1. The van der Waals surface area contributed by atoms with Crippen molar-refractivity contribution < 1.29 is 4.79 Å². The van der Waals surface area contributed by atoms with Crippen molar-refractivity contribution in [1.29, 1.82) is 0 Å². The second kappa shape index (κ2) is 5.41. The number of nitrogens with two attached hydrogens (primary N) is 1. The summed E-state index contributed by atoms with van der Waals surface area (Å²) in [5.41, 5.74) is 7.87. The van der Waals surface area contributed by atoms with E-state index in [1.807, 2.05) is 18.2 Å². The zero-order valence-corrected chi connectivity index (χ0v) is 11.0. The molecule has 3 aromatic rings. The third kappa shape index (κ3) is 2.86. The van der Waals surface area contributed by atoms with Crippen LogP contribution in [0.3, 0.4) is 0 Å². The number of nitrogens with one attached hydrogen (secondary N) is 1. The summed E-state index contributed by atoms with van der Waals surface area (Å²) in [4.78, 5) is 16.1. The Morgan fingerprint density at radius 1 is 1.14 bits per heavy atom. The minimum Gasteiger partial charge on any atom is -0.397 e. The topological polar surface area (TPSA) is 98.7 Å². The highest BCUT2D eigenvalue weighted by Gasteiger charge is 2.08. The maximum atomic E-state index is 12.1. The van der Waals surface area contributed by atoms with E-state index < -0.39 is 0 Å². The first-order valence-corrected chi connectivity index (χ1v) is 6.20. The molecule has 2 heterocycles. The van der Waals surface area contributed by atoms with Gasteiger partial charge in [-0.15, -0.1) is 10.2 Å². The lowest BCUT2D eigenvalue weighted by molar-refractivity contribution is 0.102. The third-order valence-electron chi connectivity index (χ3n) is 2.84. The molecule has 0 spiro atoms. The van der Waals surface area contributed by atoms with E-state index in [1.165, 1.54) is 6.20 Å². The van der Waals surface area contributed by atoms with E-state index in [1.54, 1.807) is 35.4 Å². The SMILES string of the molecule is Nc1ccc(C(=O)Nc2cccc(-n3cnnc3)c2)nc1. The Morgan fingerprint density at radius 2 is 1.95 bits per heavy atom. The number of carbonyl (C=O) groups excluding carboxylic acids is 1. The molecule has 0 atom stereocenters. The normalized spacial score (nSPS) is 10.3. The minimum absolute atomic E-state index is 0.295. The second-order valence-corrected chi connectivity index (χ2v) is 4.35. The maximum Gasteiger partial charge on any atom is 0.274 e. The van der Waals surface area contributed by atoms with E-state index in [2.05, 4.69) is 20.5 Å². The Balaban J connectivity index is 1.80. The van der Waals surface area contributed by atoms with Crippen LogP contribution >= 0.6 is 0 Å². The fourth-order valence-corrected chi connectivity index (χ4v) is 1.81. The number of nitrogen functional groups attached to an aromatic ring is 1. The van der Waals surface area contributed by atoms with Crippen LogP contribution in [0.15, 0.2) is 55.2 Å². The Hall–Kier alpha value is -3.22. The molecule has 0 fully saturated rings. The van der Waals surface area contributed by atoms with E-state index in [0.29, 0.717) is 17.1 Å². The molecule has 0 bridgehead atoms. The Bertz CT molecular complexity index is 751. The van der Waals surface area contributed by atoms with Crippen LogP contribution in [-0.4, -0.2) is 25.7 Å². The van der Waals surface area contributed by atoms with Crippen molar-refractivity contribution in [2.24, 2.45) is 0 Å². The van der Waals surface area contributed by atoms with Crippen LogP contribution in [0.4, 0.5) is 11.4 Å². The molecule has 0 saturated heterocycles. The van der Waals surface area contributed by atoms with Crippen molar-refractivity contribution >= 4 is 17.3 Å². The quantitative estimate of drug-likeness (QED) is 0.757. The van der Waals surface area contributed by atoms with Gasteiger partial charge in [0.1, 0.15) is 18.3 Å². The summed E-state index contributed by atoms with van der Waals surface area (Å²) in [5.74, 6) is -0.295. The number of hydrogen-bond donors (Lipinski definition) is 2. The molecule has 0 aliphatic carbocycles. The molecule has 0 aliphatic heterocycles. The molecule has 1 aromatic carbocycles. The van der Waals surface area contributed by atoms with Gasteiger partial charge in [0.15, 0.2) is 0 Å². The highest BCUT2D eigenvalue weighted by molar-refractivity contribution is 6.03. The summed E-state index contributed by atoms with van der Waals surface area (Å²) < 4.78 is 1.75. The Kier molecular flexibility index (Phi) is 3.30. The average molecular weight is 280 g/mol. The van der Waals surface area contributed by atoms with Gasteiger partial charge in [-0.25, -0.2) is 4.98 Å². The number of pyridine rings is 1. The van der Waals surface area contributed by atoms with Gasteiger partial charge in [0.25, 0.3) is 5.91 Å². The smallest absolute Gasteiger partial charge is 0.274 e. The van der Waals surface area contributed by atoms with Crippen molar-refractivity contribution in [3.8, 4) is 5.69 Å². The van der Waals surface area contributed by atoms with Crippen molar-refractivity contribution in [2.45, 2.75) is 0 Å². The van der Waals surface area contributed by atoms with Crippen molar-refractivity contribution in [3.63, 3.8) is 0 Å². The number of rotatable bonds is 3. The lowest BCUT2D eigenvalue weighted by atomic mass is 10.2. The van der Waals surface area contributed by atoms with Crippen molar-refractivity contribution in [3.05, 3.63) is 60.9 Å². The molecule has 21 heavy (non-hydrogen) atoms. The molecule has 0 aliphatic rings.